The minimum atomic E-state index is -0.456. The molecule has 4 rings (SSSR count). The summed E-state index contributed by atoms with van der Waals surface area (Å²) < 4.78 is 10.8. The van der Waals surface area contributed by atoms with Crippen molar-refractivity contribution in [3.05, 3.63) is 71.0 Å². The number of fused-ring (bicyclic) bond motifs is 2. The van der Waals surface area contributed by atoms with E-state index in [1.165, 1.54) is 17.5 Å². The summed E-state index contributed by atoms with van der Waals surface area (Å²) >= 11 is 0. The molecule has 1 N–H and O–H groups in total. The molecule has 1 aliphatic carbocycles. The second kappa shape index (κ2) is 7.66. The fraction of sp³-hybridized carbons (Fsp3) is 0.273. The maximum atomic E-state index is 12.2. The lowest BCUT2D eigenvalue weighted by Gasteiger charge is -2.06. The second-order valence-corrected chi connectivity index (χ2v) is 6.83. The van der Waals surface area contributed by atoms with E-state index in [-0.39, 0.29) is 25.5 Å². The second-order valence-electron chi connectivity index (χ2n) is 6.83. The van der Waals surface area contributed by atoms with Gasteiger partial charge in [-0.3, -0.25) is 9.59 Å². The van der Waals surface area contributed by atoms with Crippen LogP contribution in [0.5, 0.6) is 0 Å². The number of esters is 1. The zero-order chi connectivity index (χ0) is 18.6. The highest BCUT2D eigenvalue weighted by atomic mass is 16.5. The molecule has 1 amide bonds. The summed E-state index contributed by atoms with van der Waals surface area (Å²) in [5, 5.41) is 3.60. The van der Waals surface area contributed by atoms with Crippen LogP contribution in [0.2, 0.25) is 0 Å². The monoisotopic (exact) mass is 363 g/mol. The number of ether oxygens (including phenoxy) is 1. The van der Waals surface area contributed by atoms with Crippen LogP contribution in [0.25, 0.3) is 11.0 Å². The van der Waals surface area contributed by atoms with Gasteiger partial charge in [-0.2, -0.15) is 0 Å². The van der Waals surface area contributed by atoms with Crippen molar-refractivity contribution < 1.29 is 18.7 Å². The number of amides is 1. The molecule has 0 atom stereocenters. The van der Waals surface area contributed by atoms with Crippen LogP contribution in [-0.4, -0.2) is 18.4 Å². The first kappa shape index (κ1) is 17.3. The lowest BCUT2D eigenvalue weighted by molar-refractivity contribution is -0.145. The highest BCUT2D eigenvalue weighted by molar-refractivity contribution is 5.89. The van der Waals surface area contributed by atoms with Gasteiger partial charge in [0.25, 0.3) is 0 Å². The van der Waals surface area contributed by atoms with E-state index in [1.807, 2.05) is 30.3 Å². The molecule has 1 aliphatic rings. The Morgan fingerprint density at radius 2 is 1.85 bits per heavy atom. The van der Waals surface area contributed by atoms with E-state index >= 15 is 0 Å². The summed E-state index contributed by atoms with van der Waals surface area (Å²) in [5.41, 5.74) is 5.26. The lowest BCUT2D eigenvalue weighted by Crippen LogP contribution is -2.31. The van der Waals surface area contributed by atoms with Crippen LogP contribution in [-0.2, 0) is 40.2 Å². The molecule has 27 heavy (non-hydrogen) atoms. The van der Waals surface area contributed by atoms with E-state index in [1.54, 1.807) is 6.26 Å². The summed E-state index contributed by atoms with van der Waals surface area (Å²) in [6, 6.07) is 13.7. The molecule has 1 aromatic heterocycles. The first-order chi connectivity index (χ1) is 13.2. The summed E-state index contributed by atoms with van der Waals surface area (Å²) in [4.78, 5) is 24.0. The third-order valence-corrected chi connectivity index (χ3v) is 4.89. The predicted molar refractivity (Wildman–Crippen MR) is 101 cm³/mol. The Kier molecular flexibility index (Phi) is 4.92. The first-order valence-electron chi connectivity index (χ1n) is 9.17. The molecule has 0 saturated heterocycles. The fourth-order valence-corrected chi connectivity index (χ4v) is 3.48. The van der Waals surface area contributed by atoms with Gasteiger partial charge in [-0.25, -0.2) is 0 Å². The van der Waals surface area contributed by atoms with Crippen molar-refractivity contribution in [2.24, 2.45) is 0 Å². The van der Waals surface area contributed by atoms with E-state index in [4.69, 9.17) is 9.15 Å². The number of rotatable bonds is 6. The smallest absolute Gasteiger partial charge is 0.325 e. The summed E-state index contributed by atoms with van der Waals surface area (Å²) in [7, 11) is 0. The third-order valence-electron chi connectivity index (χ3n) is 4.89. The van der Waals surface area contributed by atoms with Crippen LogP contribution in [0.1, 0.15) is 28.7 Å². The van der Waals surface area contributed by atoms with Crippen molar-refractivity contribution >= 4 is 22.8 Å². The van der Waals surface area contributed by atoms with Gasteiger partial charge in [0.15, 0.2) is 0 Å². The number of carbonyl (C=O) groups is 2. The maximum Gasteiger partial charge on any atom is 0.325 e. The zero-order valence-electron chi connectivity index (χ0n) is 15.0. The molecule has 0 saturated carbocycles. The lowest BCUT2D eigenvalue weighted by atomic mass is 10.0. The standard InChI is InChI=1S/C22H21NO4/c24-21(23-12-22(25)27-13-15-5-2-1-3-6-15)11-18-14-26-20-10-17-8-4-7-16(17)9-19(18)20/h1-3,5-6,9-10,14H,4,7-8,11-13H2,(H,23,24). The van der Waals surface area contributed by atoms with Crippen LogP contribution in [0.3, 0.4) is 0 Å². The number of hydrogen-bond donors (Lipinski definition) is 1. The average molecular weight is 363 g/mol. The molecule has 2 aromatic carbocycles. The Bertz CT molecular complexity index is 975. The number of aryl methyl sites for hydroxylation is 2. The number of furan rings is 1. The Balaban J connectivity index is 1.30. The summed E-state index contributed by atoms with van der Waals surface area (Å²) in [6.45, 7) is 0.0594. The van der Waals surface area contributed by atoms with Gasteiger partial charge in [-0.05, 0) is 48.1 Å². The van der Waals surface area contributed by atoms with Gasteiger partial charge in [0, 0.05) is 10.9 Å². The van der Waals surface area contributed by atoms with Crippen LogP contribution in [0, 0.1) is 0 Å². The van der Waals surface area contributed by atoms with Gasteiger partial charge >= 0.3 is 5.97 Å². The Morgan fingerprint density at radius 3 is 2.67 bits per heavy atom. The van der Waals surface area contributed by atoms with Crippen LogP contribution < -0.4 is 5.32 Å². The van der Waals surface area contributed by atoms with Gasteiger partial charge in [0.2, 0.25) is 5.91 Å². The van der Waals surface area contributed by atoms with E-state index in [0.29, 0.717) is 0 Å². The summed E-state index contributed by atoms with van der Waals surface area (Å²) in [5.74, 6) is -0.683. The number of benzene rings is 2. The van der Waals surface area contributed by atoms with Crippen LogP contribution >= 0.6 is 0 Å². The van der Waals surface area contributed by atoms with E-state index in [2.05, 4.69) is 17.4 Å². The quantitative estimate of drug-likeness (QED) is 0.682. The summed E-state index contributed by atoms with van der Waals surface area (Å²) in [6.07, 6.45) is 5.15. The molecule has 138 valence electrons. The molecule has 0 unspecified atom stereocenters. The third kappa shape index (κ3) is 4.03. The predicted octanol–water partition coefficient (Wildman–Crippen LogP) is 3.32. The Labute approximate surface area is 157 Å². The van der Waals surface area contributed by atoms with Crippen molar-refractivity contribution in [3.63, 3.8) is 0 Å². The molecule has 5 heteroatoms. The molecular weight excluding hydrogens is 342 g/mol. The highest BCUT2D eigenvalue weighted by Crippen LogP contribution is 2.30. The first-order valence-corrected chi connectivity index (χ1v) is 9.17. The maximum absolute atomic E-state index is 12.2. The average Bonchev–Trinajstić information content (AvgIpc) is 3.30. The normalized spacial score (nSPS) is 12.7. The fourth-order valence-electron chi connectivity index (χ4n) is 3.48. The molecule has 0 radical (unpaired) electrons. The van der Waals surface area contributed by atoms with Crippen molar-refractivity contribution in [3.8, 4) is 0 Å². The molecule has 5 nitrogen and oxygen atoms in total. The molecule has 3 aromatic rings. The largest absolute Gasteiger partial charge is 0.464 e. The van der Waals surface area contributed by atoms with Crippen molar-refractivity contribution in [1.82, 2.24) is 5.32 Å². The van der Waals surface area contributed by atoms with E-state index in [0.717, 1.165) is 34.9 Å². The molecule has 0 aliphatic heterocycles. The molecule has 1 heterocycles. The van der Waals surface area contributed by atoms with Crippen LogP contribution in [0.15, 0.2) is 53.1 Å². The number of carbonyl (C=O) groups excluding carboxylic acids is 2. The SMILES string of the molecule is O=C(Cc1coc2cc3c(cc12)CCC3)NCC(=O)OCc1ccccc1. The topological polar surface area (TPSA) is 68.5 Å². The molecular formula is C22H21NO4. The molecule has 0 fully saturated rings. The van der Waals surface area contributed by atoms with Gasteiger partial charge in [0.1, 0.15) is 18.7 Å². The molecule has 0 spiro atoms. The Morgan fingerprint density at radius 1 is 1.07 bits per heavy atom. The number of nitrogens with one attached hydrogen (secondary N) is 1. The molecule has 0 bridgehead atoms. The van der Waals surface area contributed by atoms with Crippen molar-refractivity contribution in [2.45, 2.75) is 32.3 Å². The van der Waals surface area contributed by atoms with Gasteiger partial charge in [-0.1, -0.05) is 30.3 Å². The Hall–Kier alpha value is -3.08. The van der Waals surface area contributed by atoms with Gasteiger partial charge in [0.05, 0.1) is 12.7 Å². The highest BCUT2D eigenvalue weighted by Gasteiger charge is 2.17. The van der Waals surface area contributed by atoms with E-state index in [9.17, 15) is 9.59 Å². The van der Waals surface area contributed by atoms with Crippen molar-refractivity contribution in [1.29, 1.82) is 0 Å². The van der Waals surface area contributed by atoms with E-state index < -0.39 is 5.97 Å². The minimum Gasteiger partial charge on any atom is -0.464 e. The van der Waals surface area contributed by atoms with Gasteiger partial charge < -0.3 is 14.5 Å². The van der Waals surface area contributed by atoms with Crippen LogP contribution in [0.4, 0.5) is 0 Å². The number of hydrogen-bond acceptors (Lipinski definition) is 4. The zero-order valence-corrected chi connectivity index (χ0v) is 15.0. The van der Waals surface area contributed by atoms with Gasteiger partial charge in [-0.15, -0.1) is 0 Å². The van der Waals surface area contributed by atoms with Crippen molar-refractivity contribution in [2.75, 3.05) is 6.54 Å². The minimum absolute atomic E-state index is 0.142.